The smallest absolute Gasteiger partial charge is 0.335 e. The summed E-state index contributed by atoms with van der Waals surface area (Å²) in [5, 5.41) is 21.7. The Morgan fingerprint density at radius 1 is 1.16 bits per heavy atom. The van der Waals surface area contributed by atoms with Gasteiger partial charge in [0.15, 0.2) is 0 Å². The zero-order chi connectivity index (χ0) is 17.8. The first-order valence-corrected chi connectivity index (χ1v) is 7.41. The maximum atomic E-state index is 12.3. The number of carbonyl (C=O) groups excluding carboxylic acids is 1. The first-order valence-electron chi connectivity index (χ1n) is 7.41. The van der Waals surface area contributed by atoms with Crippen molar-refractivity contribution in [3.63, 3.8) is 0 Å². The van der Waals surface area contributed by atoms with E-state index in [0.717, 1.165) is 16.5 Å². The number of H-pyrrole nitrogens is 1. The summed E-state index contributed by atoms with van der Waals surface area (Å²) in [6, 6.07) is 15.3. The van der Waals surface area contributed by atoms with Crippen LogP contribution < -0.4 is 5.32 Å². The Kier molecular flexibility index (Phi) is 4.31. The van der Waals surface area contributed by atoms with E-state index in [4.69, 9.17) is 5.11 Å². The molecule has 1 amide bonds. The number of aromatic nitrogens is 1. The van der Waals surface area contributed by atoms with Gasteiger partial charge in [0.05, 0.1) is 5.56 Å². The second-order valence-corrected chi connectivity index (χ2v) is 5.30. The van der Waals surface area contributed by atoms with Gasteiger partial charge in [-0.05, 0) is 30.3 Å². The summed E-state index contributed by atoms with van der Waals surface area (Å²) in [7, 11) is 0. The Morgan fingerprint density at radius 2 is 1.96 bits per heavy atom. The van der Waals surface area contributed by atoms with Crippen LogP contribution in [0.2, 0.25) is 0 Å². The number of aromatic carboxylic acids is 1. The van der Waals surface area contributed by atoms with E-state index in [1.165, 1.54) is 24.3 Å². The van der Waals surface area contributed by atoms with Gasteiger partial charge in [0, 0.05) is 28.4 Å². The van der Waals surface area contributed by atoms with E-state index in [1.54, 1.807) is 12.3 Å². The number of fused-ring (bicyclic) bond motifs is 1. The molecule has 6 nitrogen and oxygen atoms in total. The molecular formula is C19H13N3O3. The Bertz CT molecular complexity index is 1040. The highest BCUT2D eigenvalue weighted by Gasteiger charge is 2.12. The number of benzene rings is 2. The number of carboxylic acids is 1. The number of nitriles is 1. The molecule has 0 saturated carbocycles. The molecule has 3 rings (SSSR count). The van der Waals surface area contributed by atoms with Gasteiger partial charge in [0.25, 0.3) is 5.91 Å². The third kappa shape index (κ3) is 3.41. The lowest BCUT2D eigenvalue weighted by atomic mass is 10.1. The molecule has 1 aromatic heterocycles. The number of aromatic amines is 1. The van der Waals surface area contributed by atoms with Gasteiger partial charge in [-0.1, -0.05) is 24.3 Å². The number of hydrogen-bond acceptors (Lipinski definition) is 3. The molecule has 1 heterocycles. The second kappa shape index (κ2) is 6.72. The van der Waals surface area contributed by atoms with Gasteiger partial charge >= 0.3 is 5.97 Å². The summed E-state index contributed by atoms with van der Waals surface area (Å²) in [5.41, 5.74) is 1.91. The molecule has 0 fully saturated rings. The average molecular weight is 331 g/mol. The number of para-hydroxylation sites is 1. The maximum absolute atomic E-state index is 12.3. The molecular weight excluding hydrogens is 318 g/mol. The second-order valence-electron chi connectivity index (χ2n) is 5.30. The summed E-state index contributed by atoms with van der Waals surface area (Å²) in [5.74, 6) is -1.69. The normalized spacial score (nSPS) is 11.1. The lowest BCUT2D eigenvalue weighted by molar-refractivity contribution is -0.112. The van der Waals surface area contributed by atoms with Crippen LogP contribution in [0.1, 0.15) is 15.9 Å². The number of rotatable bonds is 4. The van der Waals surface area contributed by atoms with Crippen molar-refractivity contribution in [2.75, 3.05) is 5.32 Å². The van der Waals surface area contributed by atoms with Crippen LogP contribution in [-0.4, -0.2) is 22.0 Å². The van der Waals surface area contributed by atoms with Gasteiger partial charge in [-0.3, -0.25) is 4.79 Å². The molecule has 0 aliphatic carbocycles. The predicted octanol–water partition coefficient (Wildman–Crippen LogP) is 3.41. The lowest BCUT2D eigenvalue weighted by Crippen LogP contribution is -2.13. The zero-order valence-corrected chi connectivity index (χ0v) is 13.0. The van der Waals surface area contributed by atoms with Crippen LogP contribution in [0.15, 0.2) is 60.3 Å². The summed E-state index contributed by atoms with van der Waals surface area (Å²) < 4.78 is 0. The van der Waals surface area contributed by atoms with Crippen LogP contribution in [-0.2, 0) is 4.79 Å². The van der Waals surface area contributed by atoms with Crippen molar-refractivity contribution in [1.29, 1.82) is 5.26 Å². The van der Waals surface area contributed by atoms with Crippen molar-refractivity contribution in [1.82, 2.24) is 4.98 Å². The highest BCUT2D eigenvalue weighted by Crippen LogP contribution is 2.21. The molecule has 6 heteroatoms. The van der Waals surface area contributed by atoms with Gasteiger partial charge < -0.3 is 15.4 Å². The maximum Gasteiger partial charge on any atom is 0.335 e. The minimum Gasteiger partial charge on any atom is -0.478 e. The van der Waals surface area contributed by atoms with Crippen molar-refractivity contribution in [3.05, 3.63) is 71.4 Å². The van der Waals surface area contributed by atoms with E-state index < -0.39 is 11.9 Å². The molecule has 0 radical (unpaired) electrons. The van der Waals surface area contributed by atoms with Crippen LogP contribution in [0, 0.1) is 11.3 Å². The quantitative estimate of drug-likeness (QED) is 0.503. The van der Waals surface area contributed by atoms with Gasteiger partial charge in [0.1, 0.15) is 11.6 Å². The fourth-order valence-corrected chi connectivity index (χ4v) is 2.45. The Balaban J connectivity index is 1.88. The lowest BCUT2D eigenvalue weighted by Gasteiger charge is -2.05. The number of carboxylic acid groups (broad SMARTS) is 1. The minimum absolute atomic E-state index is 0.0527. The Hall–Kier alpha value is -3.85. The number of nitrogens with one attached hydrogen (secondary N) is 2. The highest BCUT2D eigenvalue weighted by atomic mass is 16.4. The SMILES string of the molecule is N#C/C(=C/c1c[nH]c2ccccc12)C(=O)Nc1cccc(C(=O)O)c1. The number of nitrogens with zero attached hydrogens (tertiary/aromatic N) is 1. The zero-order valence-electron chi connectivity index (χ0n) is 13.0. The minimum atomic E-state index is -1.09. The van der Waals surface area contributed by atoms with E-state index in [-0.39, 0.29) is 11.1 Å². The van der Waals surface area contributed by atoms with Crippen LogP contribution >= 0.6 is 0 Å². The standard InChI is InChI=1S/C19H13N3O3/c20-10-13(8-14-11-21-17-7-2-1-6-16(14)17)18(23)22-15-5-3-4-12(9-15)19(24)25/h1-9,11,21H,(H,22,23)(H,24,25)/b13-8-. The number of hydrogen-bond donors (Lipinski definition) is 3. The van der Waals surface area contributed by atoms with E-state index in [9.17, 15) is 14.9 Å². The van der Waals surface area contributed by atoms with Crippen LogP contribution in [0.4, 0.5) is 5.69 Å². The number of carbonyl (C=O) groups is 2. The van der Waals surface area contributed by atoms with E-state index in [1.807, 2.05) is 30.3 Å². The first kappa shape index (κ1) is 16.0. The molecule has 3 N–H and O–H groups in total. The third-order valence-electron chi connectivity index (χ3n) is 3.65. The topological polar surface area (TPSA) is 106 Å². The summed E-state index contributed by atoms with van der Waals surface area (Å²) in [6.07, 6.45) is 3.22. The highest BCUT2D eigenvalue weighted by molar-refractivity contribution is 6.11. The molecule has 0 atom stereocenters. The molecule has 0 aliphatic rings. The Labute approximate surface area is 143 Å². The van der Waals surface area contributed by atoms with Crippen molar-refractivity contribution in [3.8, 4) is 6.07 Å². The van der Waals surface area contributed by atoms with Crippen molar-refractivity contribution in [2.24, 2.45) is 0 Å². The summed E-state index contributed by atoms with van der Waals surface area (Å²) in [4.78, 5) is 26.4. The molecule has 2 aromatic carbocycles. The van der Waals surface area contributed by atoms with Gasteiger partial charge in [-0.15, -0.1) is 0 Å². The van der Waals surface area contributed by atoms with Crippen molar-refractivity contribution in [2.45, 2.75) is 0 Å². The summed E-state index contributed by atoms with van der Waals surface area (Å²) in [6.45, 7) is 0. The molecule has 0 saturated heterocycles. The van der Waals surface area contributed by atoms with E-state index >= 15 is 0 Å². The molecule has 0 aliphatic heterocycles. The largest absolute Gasteiger partial charge is 0.478 e. The fraction of sp³-hybridized carbons (Fsp3) is 0. The molecule has 122 valence electrons. The predicted molar refractivity (Wildman–Crippen MR) is 93.9 cm³/mol. The average Bonchev–Trinajstić information content (AvgIpc) is 3.02. The number of amides is 1. The molecule has 0 unspecified atom stereocenters. The fourth-order valence-electron chi connectivity index (χ4n) is 2.45. The molecule has 0 bridgehead atoms. The monoisotopic (exact) mass is 331 g/mol. The van der Waals surface area contributed by atoms with Crippen LogP contribution in [0.25, 0.3) is 17.0 Å². The van der Waals surface area contributed by atoms with Gasteiger partial charge in [-0.2, -0.15) is 5.26 Å². The van der Waals surface area contributed by atoms with E-state index in [0.29, 0.717) is 5.69 Å². The van der Waals surface area contributed by atoms with E-state index in [2.05, 4.69) is 10.3 Å². The molecule has 0 spiro atoms. The Morgan fingerprint density at radius 3 is 2.72 bits per heavy atom. The first-order chi connectivity index (χ1) is 12.1. The molecule has 3 aromatic rings. The summed E-state index contributed by atoms with van der Waals surface area (Å²) >= 11 is 0. The van der Waals surface area contributed by atoms with Crippen LogP contribution in [0.5, 0.6) is 0 Å². The third-order valence-corrected chi connectivity index (χ3v) is 3.65. The number of anilines is 1. The van der Waals surface area contributed by atoms with Gasteiger partial charge in [-0.25, -0.2) is 4.79 Å². The van der Waals surface area contributed by atoms with Gasteiger partial charge in [0.2, 0.25) is 0 Å². The molecule has 25 heavy (non-hydrogen) atoms. The van der Waals surface area contributed by atoms with Crippen LogP contribution in [0.3, 0.4) is 0 Å². The van der Waals surface area contributed by atoms with Crippen molar-refractivity contribution >= 4 is 34.5 Å². The van der Waals surface area contributed by atoms with Crippen molar-refractivity contribution < 1.29 is 14.7 Å².